The number of hydrogen-bond donors (Lipinski definition) is 1. The fourth-order valence-electron chi connectivity index (χ4n) is 3.21. The molecular weight excluding hydrogens is 348 g/mol. The summed E-state index contributed by atoms with van der Waals surface area (Å²) in [5.74, 6) is 0.588. The summed E-state index contributed by atoms with van der Waals surface area (Å²) in [6.07, 6.45) is 6.74. The summed E-state index contributed by atoms with van der Waals surface area (Å²) in [6.45, 7) is 9.84. The molecule has 0 bridgehead atoms. The van der Waals surface area contributed by atoms with Crippen molar-refractivity contribution in [1.29, 1.82) is 0 Å². The highest BCUT2D eigenvalue weighted by molar-refractivity contribution is 6.35. The van der Waals surface area contributed by atoms with Crippen LogP contribution in [0.5, 0.6) is 5.75 Å². The van der Waals surface area contributed by atoms with E-state index in [1.807, 2.05) is 12.1 Å². The maximum Gasteiger partial charge on any atom is 0.252 e. The highest BCUT2D eigenvalue weighted by atomic mass is 35.5. The number of carbonyl (C=O) groups excluding carboxylic acids is 1. The van der Waals surface area contributed by atoms with Crippen molar-refractivity contribution in [3.05, 3.63) is 65.7 Å². The van der Waals surface area contributed by atoms with Gasteiger partial charge in [-0.2, -0.15) is 0 Å². The van der Waals surface area contributed by atoms with E-state index in [-0.39, 0.29) is 17.0 Å². The highest BCUT2D eigenvalue weighted by Crippen LogP contribution is 2.26. The van der Waals surface area contributed by atoms with Crippen LogP contribution < -0.4 is 10.1 Å². The summed E-state index contributed by atoms with van der Waals surface area (Å²) in [5.41, 5.74) is 1.50. The minimum Gasteiger partial charge on any atom is -0.497 e. The van der Waals surface area contributed by atoms with Crippen LogP contribution in [0.25, 0.3) is 0 Å². The Labute approximate surface area is 161 Å². The van der Waals surface area contributed by atoms with Gasteiger partial charge in [-0.05, 0) is 49.7 Å². The fraction of sp³-hybridized carbons (Fsp3) is 0.381. The van der Waals surface area contributed by atoms with Crippen molar-refractivity contribution in [2.45, 2.75) is 25.3 Å². The molecule has 1 aliphatic heterocycles. The van der Waals surface area contributed by atoms with Crippen LogP contribution >= 0.6 is 11.6 Å². The van der Waals surface area contributed by atoms with Crippen molar-refractivity contribution in [2.75, 3.05) is 26.7 Å². The number of methoxy groups -OCH3 is 1. The van der Waals surface area contributed by atoms with E-state index in [2.05, 4.69) is 35.5 Å². The standard InChI is InChI=1S/C21H27ClN2O2/c1-4-8-19(16(2)22)21(25)23-15-20(24-13-6-5-7-14-24)17-9-11-18(26-3)12-10-17/h4,8-12,20H,1-2,5-7,13-15H2,3H3,(H,23,25)/b19-8+. The third kappa shape index (κ3) is 5.48. The van der Waals surface area contributed by atoms with Crippen molar-refractivity contribution >= 4 is 17.5 Å². The SMILES string of the molecule is C=C/C=C(\C(=C)Cl)C(=O)NCC(c1ccc(OC)cc1)N1CCCCC1. The van der Waals surface area contributed by atoms with E-state index in [4.69, 9.17) is 16.3 Å². The molecule has 1 heterocycles. The van der Waals surface area contributed by atoms with Gasteiger partial charge < -0.3 is 10.1 Å². The first-order chi connectivity index (χ1) is 12.6. The number of rotatable bonds is 8. The molecular formula is C21H27ClN2O2. The van der Waals surface area contributed by atoms with Gasteiger partial charge in [-0.1, -0.05) is 49.4 Å². The highest BCUT2D eigenvalue weighted by Gasteiger charge is 2.23. The molecule has 1 aromatic rings. The molecule has 26 heavy (non-hydrogen) atoms. The molecule has 1 aliphatic rings. The van der Waals surface area contributed by atoms with Crippen LogP contribution in [0.2, 0.25) is 0 Å². The average molecular weight is 375 g/mol. The number of piperidine rings is 1. The van der Waals surface area contributed by atoms with Gasteiger partial charge in [-0.25, -0.2) is 0 Å². The number of allylic oxidation sites excluding steroid dienone is 2. The van der Waals surface area contributed by atoms with Gasteiger partial charge in [-0.3, -0.25) is 9.69 Å². The Bertz CT molecular complexity index is 661. The van der Waals surface area contributed by atoms with Gasteiger partial charge in [-0.15, -0.1) is 0 Å². The summed E-state index contributed by atoms with van der Waals surface area (Å²) in [4.78, 5) is 14.9. The van der Waals surface area contributed by atoms with Crippen LogP contribution in [0, 0.1) is 0 Å². The zero-order valence-electron chi connectivity index (χ0n) is 15.3. The Hall–Kier alpha value is -2.04. The van der Waals surface area contributed by atoms with Gasteiger partial charge in [0.1, 0.15) is 5.75 Å². The number of amides is 1. The van der Waals surface area contributed by atoms with Crippen LogP contribution in [-0.2, 0) is 4.79 Å². The smallest absolute Gasteiger partial charge is 0.252 e. The molecule has 1 fully saturated rings. The first-order valence-corrected chi connectivity index (χ1v) is 9.28. The van der Waals surface area contributed by atoms with Crippen molar-refractivity contribution in [3.8, 4) is 5.75 Å². The number of halogens is 1. The number of carbonyl (C=O) groups is 1. The molecule has 0 aromatic heterocycles. The molecule has 5 heteroatoms. The number of nitrogens with one attached hydrogen (secondary N) is 1. The van der Waals surface area contributed by atoms with E-state index in [9.17, 15) is 4.79 Å². The van der Waals surface area contributed by atoms with Gasteiger partial charge in [0.25, 0.3) is 5.91 Å². The third-order valence-corrected chi connectivity index (χ3v) is 4.81. The first-order valence-electron chi connectivity index (χ1n) is 8.90. The van der Waals surface area contributed by atoms with Crippen molar-refractivity contribution in [2.24, 2.45) is 0 Å². The minimum absolute atomic E-state index is 0.110. The molecule has 0 spiro atoms. The maximum absolute atomic E-state index is 12.5. The molecule has 1 N–H and O–H groups in total. The topological polar surface area (TPSA) is 41.6 Å². The molecule has 0 saturated carbocycles. The van der Waals surface area contributed by atoms with Crippen molar-refractivity contribution in [3.63, 3.8) is 0 Å². The maximum atomic E-state index is 12.5. The predicted molar refractivity (Wildman–Crippen MR) is 107 cm³/mol. The number of likely N-dealkylation sites (tertiary alicyclic amines) is 1. The number of nitrogens with zero attached hydrogens (tertiary/aromatic N) is 1. The third-order valence-electron chi connectivity index (χ3n) is 4.61. The van der Waals surface area contributed by atoms with Crippen LogP contribution in [0.4, 0.5) is 0 Å². The summed E-state index contributed by atoms with van der Waals surface area (Å²) in [6, 6.07) is 8.14. The summed E-state index contributed by atoms with van der Waals surface area (Å²) in [5, 5.41) is 3.21. The van der Waals surface area contributed by atoms with Gasteiger partial charge in [0, 0.05) is 11.6 Å². The minimum atomic E-state index is -0.236. The molecule has 140 valence electrons. The Morgan fingerprint density at radius 2 is 1.96 bits per heavy atom. The monoisotopic (exact) mass is 374 g/mol. The summed E-state index contributed by atoms with van der Waals surface area (Å²) in [7, 11) is 1.66. The number of benzene rings is 1. The number of hydrogen-bond acceptors (Lipinski definition) is 3. The van der Waals surface area contributed by atoms with E-state index < -0.39 is 0 Å². The van der Waals surface area contributed by atoms with Crippen LogP contribution in [0.1, 0.15) is 30.9 Å². The van der Waals surface area contributed by atoms with Gasteiger partial charge in [0.15, 0.2) is 0 Å². The zero-order chi connectivity index (χ0) is 18.9. The summed E-state index contributed by atoms with van der Waals surface area (Å²) < 4.78 is 5.25. The van der Waals surface area contributed by atoms with Crippen LogP contribution in [0.3, 0.4) is 0 Å². The molecule has 0 radical (unpaired) electrons. The van der Waals surface area contributed by atoms with Crippen molar-refractivity contribution in [1.82, 2.24) is 10.2 Å². The molecule has 1 aromatic carbocycles. The van der Waals surface area contributed by atoms with Crippen molar-refractivity contribution < 1.29 is 9.53 Å². The normalized spacial score (nSPS) is 16.6. The van der Waals surface area contributed by atoms with E-state index in [0.29, 0.717) is 12.1 Å². The predicted octanol–water partition coefficient (Wildman–Crippen LogP) is 4.20. The first kappa shape index (κ1) is 20.3. The molecule has 0 aliphatic carbocycles. The molecule has 1 amide bonds. The van der Waals surface area contributed by atoms with E-state index in [1.54, 1.807) is 13.2 Å². The lowest BCUT2D eigenvalue weighted by Crippen LogP contribution is -2.41. The van der Waals surface area contributed by atoms with E-state index in [1.165, 1.54) is 25.3 Å². The molecule has 1 atom stereocenters. The quantitative estimate of drug-likeness (QED) is 0.547. The van der Waals surface area contributed by atoms with Crippen LogP contribution in [0.15, 0.2) is 60.2 Å². The second-order valence-corrected chi connectivity index (χ2v) is 6.77. The largest absolute Gasteiger partial charge is 0.497 e. The van der Waals surface area contributed by atoms with E-state index >= 15 is 0 Å². The Morgan fingerprint density at radius 1 is 1.31 bits per heavy atom. The molecule has 1 unspecified atom stereocenters. The van der Waals surface area contributed by atoms with E-state index in [0.717, 1.165) is 24.4 Å². The Balaban J connectivity index is 2.15. The number of ether oxygens (including phenoxy) is 1. The second kappa shape index (κ2) is 10.2. The Morgan fingerprint density at radius 3 is 2.50 bits per heavy atom. The average Bonchev–Trinajstić information content (AvgIpc) is 2.67. The van der Waals surface area contributed by atoms with Gasteiger partial charge in [0.2, 0.25) is 0 Å². The Kier molecular flexibility index (Phi) is 7.95. The van der Waals surface area contributed by atoms with Gasteiger partial charge >= 0.3 is 0 Å². The van der Waals surface area contributed by atoms with Crippen LogP contribution in [-0.4, -0.2) is 37.6 Å². The molecule has 1 saturated heterocycles. The lowest BCUT2D eigenvalue weighted by Gasteiger charge is -2.35. The second-order valence-electron chi connectivity index (χ2n) is 6.32. The summed E-state index contributed by atoms with van der Waals surface area (Å²) >= 11 is 5.94. The lowest BCUT2D eigenvalue weighted by molar-refractivity contribution is -0.117. The molecule has 2 rings (SSSR count). The van der Waals surface area contributed by atoms with Gasteiger partial charge in [0.05, 0.1) is 18.7 Å². The lowest BCUT2D eigenvalue weighted by atomic mass is 10.0. The zero-order valence-corrected chi connectivity index (χ0v) is 16.1. The molecule has 4 nitrogen and oxygen atoms in total. The fourth-order valence-corrected chi connectivity index (χ4v) is 3.35.